The van der Waals surface area contributed by atoms with E-state index in [-0.39, 0.29) is 46.2 Å². The van der Waals surface area contributed by atoms with Crippen molar-refractivity contribution in [3.8, 4) is 57.1 Å². The fourth-order valence-corrected chi connectivity index (χ4v) is 12.9. The van der Waals surface area contributed by atoms with Crippen molar-refractivity contribution >= 4 is 70.5 Å². The van der Waals surface area contributed by atoms with Crippen LogP contribution in [-0.4, -0.2) is 191 Å². The molecule has 7 aliphatic heterocycles. The number of aliphatic carboxylic acids is 1. The number of carbonyl (C=O) groups excluding carboxylic acids is 7. The summed E-state index contributed by atoms with van der Waals surface area (Å²) in [4.78, 5) is 117. The van der Waals surface area contributed by atoms with Crippen molar-refractivity contribution in [1.82, 2.24) is 37.2 Å². The molecule has 21 N–H and O–H groups in total. The number of hydrogen-bond acceptors (Lipinski definition) is 25. The molecule has 7 heterocycles. The molecule has 0 unspecified atom stereocenters. The van der Waals surface area contributed by atoms with Crippen molar-refractivity contribution in [3.05, 3.63) is 117 Å². The van der Waals surface area contributed by atoms with Gasteiger partial charge in [0, 0.05) is 34.7 Å². The van der Waals surface area contributed by atoms with E-state index in [1.165, 1.54) is 33.0 Å². The summed E-state index contributed by atoms with van der Waals surface area (Å²) in [6.45, 7) is 5.66. The molecule has 0 aromatic heterocycles. The molecule has 12 rings (SSSR count). The summed E-state index contributed by atoms with van der Waals surface area (Å²) in [5.41, 5.74) is 8.00. The molecule has 101 heavy (non-hydrogen) atoms. The number of carbonyl (C=O) groups is 8. The van der Waals surface area contributed by atoms with Crippen LogP contribution in [0.1, 0.15) is 105 Å². The number of nitrogens with one attached hydrogen (secondary N) is 7. The monoisotopic (exact) mass is 1450 g/mol. The molecule has 0 aliphatic carbocycles. The number of ether oxygens (including phenoxy) is 6. The maximum Gasteiger partial charge on any atom is 0.330 e. The number of benzene rings is 5. The van der Waals surface area contributed by atoms with Gasteiger partial charge in [-0.05, 0) is 110 Å². The van der Waals surface area contributed by atoms with E-state index in [0.29, 0.717) is 0 Å². The summed E-state index contributed by atoms with van der Waals surface area (Å²) in [6.07, 6.45) is -18.6. The quantitative estimate of drug-likeness (QED) is 0.0743. The van der Waals surface area contributed by atoms with E-state index in [9.17, 15) is 75.0 Å². The van der Waals surface area contributed by atoms with Crippen LogP contribution in [0.3, 0.4) is 0 Å². The molecule has 11 bridgehead atoms. The first kappa shape index (κ1) is 74.5. The molecule has 7 amide bonds. The van der Waals surface area contributed by atoms with Crippen LogP contribution in [0.5, 0.6) is 46.0 Å². The number of carboxylic acids is 1. The van der Waals surface area contributed by atoms with Crippen molar-refractivity contribution in [1.29, 1.82) is 0 Å². The normalized spacial score (nSPS) is 29.4. The topological polar surface area (TPSA) is 530 Å². The molecule has 2 saturated heterocycles. The fraction of sp³-hybridized carbons (Fsp3) is 0.424. The first-order valence-electron chi connectivity index (χ1n) is 31.6. The van der Waals surface area contributed by atoms with Crippen molar-refractivity contribution in [2.75, 3.05) is 13.7 Å². The number of aliphatic hydroxyl groups is 6. The zero-order valence-corrected chi connectivity index (χ0v) is 55.8. The van der Waals surface area contributed by atoms with E-state index in [1.54, 1.807) is 0 Å². The smallest absolute Gasteiger partial charge is 0.330 e. The number of likely N-dealkylation sites (N-methyl/N-ethyl adjacent to an activating group) is 1. The van der Waals surface area contributed by atoms with Crippen LogP contribution < -0.4 is 62.9 Å². The second kappa shape index (κ2) is 30.2. The Kier molecular flexibility index (Phi) is 22.2. The Morgan fingerprint density at radius 1 is 0.713 bits per heavy atom. The van der Waals surface area contributed by atoms with E-state index < -0.39 is 237 Å². The Morgan fingerprint density at radius 3 is 1.90 bits per heavy atom. The average Bonchev–Trinajstić information content (AvgIpc) is 0.775. The zero-order valence-electron chi connectivity index (χ0n) is 54.3. The van der Waals surface area contributed by atoms with Crippen LogP contribution in [0.25, 0.3) is 11.1 Å². The summed E-state index contributed by atoms with van der Waals surface area (Å²) in [7, 11) is 1.47. The molecule has 0 spiro atoms. The van der Waals surface area contributed by atoms with Gasteiger partial charge in [-0.25, -0.2) is 4.79 Å². The highest BCUT2D eigenvalue weighted by Crippen LogP contribution is 2.50. The molecule has 542 valence electrons. The maximum atomic E-state index is 16.0. The Hall–Kier alpha value is -9.20. The lowest BCUT2D eigenvalue weighted by Crippen LogP contribution is -2.64. The Morgan fingerprint density at radius 2 is 1.32 bits per heavy atom. The van der Waals surface area contributed by atoms with E-state index in [0.717, 1.165) is 66.7 Å². The molecule has 0 radical (unpaired) electrons. The van der Waals surface area contributed by atoms with Gasteiger partial charge < -0.3 is 128 Å². The highest BCUT2D eigenvalue weighted by atomic mass is 35.5. The predicted octanol–water partition coefficient (Wildman–Crippen LogP) is 0.106. The number of halogens is 2. The van der Waals surface area contributed by atoms with E-state index in [4.69, 9.17) is 63.1 Å². The number of amides is 7. The number of nitrogens with two attached hydrogens (primary N) is 2. The minimum atomic E-state index is -2.35. The third kappa shape index (κ3) is 15.8. The molecule has 2 fully saturated rings. The lowest BCUT2D eigenvalue weighted by molar-refractivity contribution is -0.333. The molecule has 0 saturated carbocycles. The third-order valence-electron chi connectivity index (χ3n) is 17.8. The summed E-state index contributed by atoms with van der Waals surface area (Å²) >= 11 is 14.1. The van der Waals surface area contributed by atoms with Crippen molar-refractivity contribution in [2.24, 2.45) is 17.4 Å². The lowest BCUT2D eigenvalue weighted by atomic mass is 9.86. The van der Waals surface area contributed by atoms with Crippen LogP contribution in [0.2, 0.25) is 10.0 Å². The second-order valence-corrected chi connectivity index (χ2v) is 26.5. The molecular formula is C66H75Cl2N9O24. The van der Waals surface area contributed by atoms with E-state index >= 15 is 14.4 Å². The van der Waals surface area contributed by atoms with Gasteiger partial charge in [-0.2, -0.15) is 0 Å². The summed E-state index contributed by atoms with van der Waals surface area (Å²) in [6, 6.07) is -0.679. The minimum absolute atomic E-state index is 0.0975. The first-order valence-corrected chi connectivity index (χ1v) is 32.4. The van der Waals surface area contributed by atoms with Gasteiger partial charge in [0.05, 0.1) is 41.3 Å². The summed E-state index contributed by atoms with van der Waals surface area (Å²) < 4.78 is 38.3. The average molecular weight is 1450 g/mol. The summed E-state index contributed by atoms with van der Waals surface area (Å²) in [5, 5.41) is 131. The molecule has 5 aromatic carbocycles. The number of hydrogen-bond donors (Lipinski definition) is 19. The van der Waals surface area contributed by atoms with Gasteiger partial charge in [-0.3, -0.25) is 33.6 Å². The number of aliphatic hydroxyl groups excluding tert-OH is 6. The van der Waals surface area contributed by atoms with Gasteiger partial charge in [0.2, 0.25) is 53.4 Å². The molecule has 33 nitrogen and oxygen atoms in total. The SMILES string of the molecule is CN[C@H](CC(C)C)C(=O)N[C@H]1C(=O)N[C@@H](CC(N)=O)C(=O)N[C@H]2C(=O)N[C@H]3C(=O)N[C@H](C(=O)N[C@@H](C(=O)O)c4cc(O)cc(O)c4-c4cc3ccc4O)[C@H](O)c3ccc(c(Cl)c3)Oc3cc2cc(c3O[C@H]2O[C@@H](CO)[C@H](O)[C@H](O)[C@@H]2O[C@H]2C[C@](C)(N)[C@H](O)[C@H](C)O2)Oc2ccc(cc2Cl)[C@H]1O. The summed E-state index contributed by atoms with van der Waals surface area (Å²) in [5.74, 6) is -16.0. The number of rotatable bonds is 13. The number of carboxylic acid groups (broad SMARTS) is 1. The number of phenols is 3. The van der Waals surface area contributed by atoms with Gasteiger partial charge in [-0.1, -0.05) is 55.2 Å². The Bertz CT molecular complexity index is 4070. The van der Waals surface area contributed by atoms with Gasteiger partial charge >= 0.3 is 5.97 Å². The van der Waals surface area contributed by atoms with Crippen LogP contribution in [0.4, 0.5) is 0 Å². The van der Waals surface area contributed by atoms with Crippen LogP contribution in [0, 0.1) is 5.92 Å². The highest BCUT2D eigenvalue weighted by Gasteiger charge is 2.51. The largest absolute Gasteiger partial charge is 0.508 e. The molecular weight excluding hydrogens is 1370 g/mol. The lowest BCUT2D eigenvalue weighted by Gasteiger charge is -2.47. The Balaban J connectivity index is 1.24. The number of aromatic hydroxyl groups is 3. The molecule has 7 aliphatic rings. The number of primary amides is 1. The van der Waals surface area contributed by atoms with Crippen molar-refractivity contribution in [3.63, 3.8) is 0 Å². The zero-order chi connectivity index (χ0) is 73.5. The maximum absolute atomic E-state index is 16.0. The molecule has 18 atom stereocenters. The standard InChI is InChI=1S/C66H75Cl2N9O24/c1-23(2)12-34(71-5)58(88)76-49-51(83)26-7-10-38(32(67)14-26)97-40-16-28-17-41(55(40)101-65-56(54(86)53(85)42(22-78)99-65)100-44-21-66(4,70)57(87)24(3)96-44)98-39-11-8-27(15-33(39)68)52(84)50-63(93)75-48(64(94)95)31-18-29(79)19-37(81)45(31)30-13-25(6-9-36(30)80)46(60(90)77-50)74-61(91)47(28)73-59(89)35(20-43(69)82)72-62(49)92/h6-11,13-19,23-24,34-35,42,44,46-54,56-57,65,71,78-81,83-87H,12,20-22,70H2,1-5H3,(H2,69,82)(H,72,92)(H,73,89)(H,74,91)(H,75,93)(H,76,88)(H,77,90)(H,94,95)/t24-,34+,35-,42-,44-,46+,47+,48+,49+,50-,51+,52+,53-,54-,56-,57+,65+,66-/m0/s1. The molecule has 5 aromatic rings. The second-order valence-electron chi connectivity index (χ2n) is 25.7. The van der Waals surface area contributed by atoms with E-state index in [1.807, 2.05) is 13.8 Å². The highest BCUT2D eigenvalue weighted by molar-refractivity contribution is 6.32. The van der Waals surface area contributed by atoms with Crippen molar-refractivity contribution < 1.29 is 118 Å². The van der Waals surface area contributed by atoms with Gasteiger partial charge in [-0.15, -0.1) is 0 Å². The third-order valence-corrected chi connectivity index (χ3v) is 18.4. The fourth-order valence-electron chi connectivity index (χ4n) is 12.5. The van der Waals surface area contributed by atoms with Gasteiger partial charge in [0.1, 0.15) is 89.5 Å². The van der Waals surface area contributed by atoms with E-state index in [2.05, 4.69) is 37.2 Å². The van der Waals surface area contributed by atoms with Crippen LogP contribution >= 0.6 is 23.2 Å². The first-order chi connectivity index (χ1) is 47.7. The van der Waals surface area contributed by atoms with Gasteiger partial charge in [0.15, 0.2) is 29.9 Å². The predicted molar refractivity (Wildman–Crippen MR) is 349 cm³/mol. The minimum Gasteiger partial charge on any atom is -0.508 e. The van der Waals surface area contributed by atoms with Gasteiger partial charge in [0.25, 0.3) is 0 Å². The van der Waals surface area contributed by atoms with Crippen LogP contribution in [-0.2, 0) is 52.6 Å². The number of phenolic OH excluding ortho intramolecular Hbond substituents is 3. The Labute approximate surface area is 584 Å². The van der Waals surface area contributed by atoms with Crippen LogP contribution in [0.15, 0.2) is 78.9 Å². The van der Waals surface area contributed by atoms with Crippen molar-refractivity contribution in [2.45, 2.75) is 156 Å². The molecule has 35 heteroatoms. The number of fused-ring (bicyclic) bond motifs is 15.